The zero-order valence-corrected chi connectivity index (χ0v) is 10.4. The van der Waals surface area contributed by atoms with Crippen LogP contribution in [-0.4, -0.2) is 24.2 Å². The van der Waals surface area contributed by atoms with Gasteiger partial charge in [0.05, 0.1) is 11.9 Å². The highest BCUT2D eigenvalue weighted by Gasteiger charge is 2.19. The first kappa shape index (κ1) is 12.9. The molecule has 90 valence electrons. The molecule has 1 unspecified atom stereocenters. The van der Waals surface area contributed by atoms with Crippen molar-refractivity contribution in [3.8, 4) is 0 Å². The highest BCUT2D eigenvalue weighted by molar-refractivity contribution is 5.45. The van der Waals surface area contributed by atoms with Gasteiger partial charge in [-0.1, -0.05) is 13.8 Å². The molecule has 2 rings (SSSR count). The fourth-order valence-electron chi connectivity index (χ4n) is 1.81. The molecule has 16 heavy (non-hydrogen) atoms. The molecule has 0 bridgehead atoms. The van der Waals surface area contributed by atoms with Gasteiger partial charge < -0.3 is 4.90 Å². The van der Waals surface area contributed by atoms with Crippen molar-refractivity contribution in [2.75, 3.05) is 18.0 Å². The molecule has 0 radical (unpaired) electrons. The zero-order valence-electron chi connectivity index (χ0n) is 10.4. The SMILES string of the molecule is CC.Cc1ccc(N2CCCC(F)C2)cn1. The second kappa shape index (κ2) is 6.46. The predicted octanol–water partition coefficient (Wildman–Crippen LogP) is 3.35. The van der Waals surface area contributed by atoms with Crippen molar-refractivity contribution in [3.05, 3.63) is 24.0 Å². The summed E-state index contributed by atoms with van der Waals surface area (Å²) in [5.41, 5.74) is 2.04. The molecule has 0 saturated carbocycles. The van der Waals surface area contributed by atoms with Gasteiger partial charge in [-0.05, 0) is 31.9 Å². The zero-order chi connectivity index (χ0) is 12.0. The van der Waals surface area contributed by atoms with Crippen molar-refractivity contribution < 1.29 is 4.39 Å². The monoisotopic (exact) mass is 224 g/mol. The lowest BCUT2D eigenvalue weighted by atomic mass is 10.1. The maximum Gasteiger partial charge on any atom is 0.118 e. The first-order valence-electron chi connectivity index (χ1n) is 6.07. The quantitative estimate of drug-likeness (QED) is 0.727. The third-order valence-electron chi connectivity index (χ3n) is 2.62. The Balaban J connectivity index is 0.000000606. The molecule has 2 nitrogen and oxygen atoms in total. The molecule has 0 amide bonds. The summed E-state index contributed by atoms with van der Waals surface area (Å²) in [6.07, 6.45) is 2.79. The maximum absolute atomic E-state index is 13.1. The Bertz CT molecular complexity index is 297. The molecule has 1 fully saturated rings. The molecule has 1 aromatic heterocycles. The standard InChI is InChI=1S/C11H15FN2.C2H6/c1-9-4-5-11(7-13-9)14-6-2-3-10(12)8-14;1-2/h4-5,7,10H,2-3,6,8H2,1H3;1-2H3. The summed E-state index contributed by atoms with van der Waals surface area (Å²) < 4.78 is 13.1. The molecular weight excluding hydrogens is 203 g/mol. The summed E-state index contributed by atoms with van der Waals surface area (Å²) in [6.45, 7) is 7.42. The van der Waals surface area contributed by atoms with E-state index in [4.69, 9.17) is 0 Å². The van der Waals surface area contributed by atoms with Crippen molar-refractivity contribution in [3.63, 3.8) is 0 Å². The van der Waals surface area contributed by atoms with E-state index in [1.807, 2.05) is 39.1 Å². The molecule has 0 spiro atoms. The van der Waals surface area contributed by atoms with Crippen LogP contribution in [0.25, 0.3) is 0 Å². The number of pyridine rings is 1. The number of halogens is 1. The molecule has 0 aromatic carbocycles. The lowest BCUT2D eigenvalue weighted by Crippen LogP contribution is -2.36. The molecule has 1 aromatic rings. The van der Waals surface area contributed by atoms with E-state index in [-0.39, 0.29) is 0 Å². The van der Waals surface area contributed by atoms with Crippen molar-refractivity contribution in [2.45, 2.75) is 39.8 Å². The Hall–Kier alpha value is -1.12. The van der Waals surface area contributed by atoms with Crippen LogP contribution < -0.4 is 4.90 Å². The number of nitrogens with zero attached hydrogens (tertiary/aromatic N) is 2. The molecule has 2 heterocycles. The van der Waals surface area contributed by atoms with Gasteiger partial charge in [-0.3, -0.25) is 4.98 Å². The van der Waals surface area contributed by atoms with Crippen LogP contribution in [0.15, 0.2) is 18.3 Å². The normalized spacial score (nSPS) is 20.0. The van der Waals surface area contributed by atoms with Crippen LogP contribution >= 0.6 is 0 Å². The second-order valence-electron chi connectivity index (χ2n) is 3.84. The maximum atomic E-state index is 13.1. The number of rotatable bonds is 1. The summed E-state index contributed by atoms with van der Waals surface area (Å²) in [6, 6.07) is 3.98. The van der Waals surface area contributed by atoms with Crippen molar-refractivity contribution >= 4 is 5.69 Å². The van der Waals surface area contributed by atoms with Gasteiger partial charge in [0.15, 0.2) is 0 Å². The van der Waals surface area contributed by atoms with Crippen molar-refractivity contribution in [2.24, 2.45) is 0 Å². The summed E-state index contributed by atoms with van der Waals surface area (Å²) >= 11 is 0. The highest BCUT2D eigenvalue weighted by atomic mass is 19.1. The molecule has 1 aliphatic heterocycles. The Morgan fingerprint density at radius 3 is 2.69 bits per heavy atom. The van der Waals surface area contributed by atoms with Gasteiger partial charge in [0, 0.05) is 18.8 Å². The largest absolute Gasteiger partial charge is 0.367 e. The van der Waals surface area contributed by atoms with Crippen LogP contribution in [-0.2, 0) is 0 Å². The van der Waals surface area contributed by atoms with E-state index in [0.29, 0.717) is 13.0 Å². The molecule has 3 heteroatoms. The lowest BCUT2D eigenvalue weighted by molar-refractivity contribution is 0.287. The number of hydrogen-bond donors (Lipinski definition) is 0. The number of piperidine rings is 1. The summed E-state index contributed by atoms with van der Waals surface area (Å²) in [5, 5.41) is 0. The first-order chi connectivity index (χ1) is 7.75. The molecular formula is C13H21FN2. The molecule has 0 N–H and O–H groups in total. The number of hydrogen-bond acceptors (Lipinski definition) is 2. The summed E-state index contributed by atoms with van der Waals surface area (Å²) in [4.78, 5) is 6.29. The van der Waals surface area contributed by atoms with E-state index in [1.54, 1.807) is 0 Å². The Morgan fingerprint density at radius 1 is 1.38 bits per heavy atom. The van der Waals surface area contributed by atoms with E-state index in [2.05, 4.69) is 9.88 Å². The van der Waals surface area contributed by atoms with Crippen LogP contribution in [0, 0.1) is 6.92 Å². The number of aryl methyl sites for hydroxylation is 1. The average molecular weight is 224 g/mol. The number of aromatic nitrogens is 1. The van der Waals surface area contributed by atoms with Crippen LogP contribution in [0.3, 0.4) is 0 Å². The Morgan fingerprint density at radius 2 is 2.12 bits per heavy atom. The Labute approximate surface area is 97.5 Å². The van der Waals surface area contributed by atoms with E-state index >= 15 is 0 Å². The van der Waals surface area contributed by atoms with Gasteiger partial charge in [-0.15, -0.1) is 0 Å². The fourth-order valence-corrected chi connectivity index (χ4v) is 1.81. The first-order valence-corrected chi connectivity index (χ1v) is 6.07. The number of anilines is 1. The second-order valence-corrected chi connectivity index (χ2v) is 3.84. The summed E-state index contributed by atoms with van der Waals surface area (Å²) in [7, 11) is 0. The van der Waals surface area contributed by atoms with Crippen LogP contribution in [0.4, 0.5) is 10.1 Å². The highest BCUT2D eigenvalue weighted by Crippen LogP contribution is 2.20. The predicted molar refractivity (Wildman–Crippen MR) is 66.7 cm³/mol. The smallest absolute Gasteiger partial charge is 0.118 e. The minimum absolute atomic E-state index is 0.519. The van der Waals surface area contributed by atoms with Crippen LogP contribution in [0.2, 0.25) is 0 Å². The van der Waals surface area contributed by atoms with Crippen molar-refractivity contribution in [1.29, 1.82) is 0 Å². The minimum Gasteiger partial charge on any atom is -0.367 e. The van der Waals surface area contributed by atoms with E-state index in [1.165, 1.54) is 0 Å². The fraction of sp³-hybridized carbons (Fsp3) is 0.615. The van der Waals surface area contributed by atoms with Gasteiger partial charge >= 0.3 is 0 Å². The van der Waals surface area contributed by atoms with E-state index in [0.717, 1.165) is 24.3 Å². The third-order valence-corrected chi connectivity index (χ3v) is 2.62. The van der Waals surface area contributed by atoms with Gasteiger partial charge in [0.25, 0.3) is 0 Å². The van der Waals surface area contributed by atoms with Crippen molar-refractivity contribution in [1.82, 2.24) is 4.98 Å². The average Bonchev–Trinajstić information content (AvgIpc) is 2.32. The third kappa shape index (κ3) is 3.47. The molecule has 1 saturated heterocycles. The van der Waals surface area contributed by atoms with E-state index in [9.17, 15) is 4.39 Å². The molecule has 0 aliphatic carbocycles. The summed E-state index contributed by atoms with van der Waals surface area (Å²) in [5.74, 6) is 0. The van der Waals surface area contributed by atoms with Gasteiger partial charge in [-0.25, -0.2) is 4.39 Å². The lowest BCUT2D eigenvalue weighted by Gasteiger charge is -2.30. The Kier molecular flexibility index (Phi) is 5.23. The van der Waals surface area contributed by atoms with Crippen LogP contribution in [0.1, 0.15) is 32.4 Å². The van der Waals surface area contributed by atoms with Crippen LogP contribution in [0.5, 0.6) is 0 Å². The van der Waals surface area contributed by atoms with Gasteiger partial charge in [0.1, 0.15) is 6.17 Å². The topological polar surface area (TPSA) is 16.1 Å². The van der Waals surface area contributed by atoms with Gasteiger partial charge in [-0.2, -0.15) is 0 Å². The molecule has 1 aliphatic rings. The number of alkyl halides is 1. The molecule has 1 atom stereocenters. The minimum atomic E-state index is -0.676. The van der Waals surface area contributed by atoms with Gasteiger partial charge in [0.2, 0.25) is 0 Å². The van der Waals surface area contributed by atoms with E-state index < -0.39 is 6.17 Å².